The molecule has 3 nitrogen and oxygen atoms in total. The van der Waals surface area contributed by atoms with Gasteiger partial charge in [-0.05, 0) is 65.4 Å². The van der Waals surface area contributed by atoms with Gasteiger partial charge in [0.2, 0.25) is 0 Å². The van der Waals surface area contributed by atoms with Crippen molar-refractivity contribution in [3.05, 3.63) is 62.2 Å². The summed E-state index contributed by atoms with van der Waals surface area (Å²) in [6.07, 6.45) is 0. The van der Waals surface area contributed by atoms with Crippen molar-refractivity contribution in [1.29, 1.82) is 0 Å². The fourth-order valence-electron chi connectivity index (χ4n) is 1.98. The van der Waals surface area contributed by atoms with E-state index in [1.54, 1.807) is 11.0 Å². The molecule has 110 valence electrons. The van der Waals surface area contributed by atoms with Crippen LogP contribution in [0.2, 0.25) is 5.02 Å². The third-order valence-electron chi connectivity index (χ3n) is 3.19. The molecule has 0 aliphatic rings. The van der Waals surface area contributed by atoms with Crippen LogP contribution in [-0.4, -0.2) is 17.4 Å². The molecule has 0 unspecified atom stereocenters. The quantitative estimate of drug-likeness (QED) is 0.602. The fraction of sp³-hybridized carbons (Fsp3) is 0.188. The Morgan fingerprint density at radius 2 is 1.90 bits per heavy atom. The van der Waals surface area contributed by atoms with E-state index in [0.29, 0.717) is 23.7 Å². The Balaban J connectivity index is 2.18. The van der Waals surface area contributed by atoms with Gasteiger partial charge in [0, 0.05) is 27.9 Å². The second-order valence-corrected chi connectivity index (χ2v) is 6.26. The van der Waals surface area contributed by atoms with Gasteiger partial charge in [-0.1, -0.05) is 23.7 Å². The summed E-state index contributed by atoms with van der Waals surface area (Å²) in [5.74, 6) is -0.0207. The van der Waals surface area contributed by atoms with Gasteiger partial charge in [-0.3, -0.25) is 4.79 Å². The first kappa shape index (κ1) is 16.1. The summed E-state index contributed by atoms with van der Waals surface area (Å²) in [7, 11) is 0. The number of carbonyl (C=O) groups is 1. The highest BCUT2D eigenvalue weighted by Gasteiger charge is 2.15. The summed E-state index contributed by atoms with van der Waals surface area (Å²) in [5, 5.41) is 0.602. The number of hydrogen-bond acceptors (Lipinski definition) is 2. The second kappa shape index (κ2) is 7.13. The maximum atomic E-state index is 12.6. The van der Waals surface area contributed by atoms with E-state index in [1.165, 1.54) is 0 Å². The molecule has 2 rings (SSSR count). The number of benzene rings is 2. The number of carbonyl (C=O) groups excluding carboxylic acids is 1. The molecular weight excluding hydrogens is 399 g/mol. The van der Waals surface area contributed by atoms with E-state index < -0.39 is 0 Å². The van der Waals surface area contributed by atoms with Gasteiger partial charge in [-0.2, -0.15) is 0 Å². The number of nitrogens with two attached hydrogens (primary N) is 1. The third kappa shape index (κ3) is 4.11. The average molecular weight is 415 g/mol. The van der Waals surface area contributed by atoms with Crippen molar-refractivity contribution in [2.75, 3.05) is 12.3 Å². The summed E-state index contributed by atoms with van der Waals surface area (Å²) in [5.41, 5.74) is 8.06. The Morgan fingerprint density at radius 1 is 1.24 bits per heavy atom. The SMILES string of the molecule is CCN(Cc1ccc(N)cc1)C(=O)c1ccc(I)c(Cl)c1. The van der Waals surface area contributed by atoms with Crippen LogP contribution in [0, 0.1) is 3.57 Å². The maximum Gasteiger partial charge on any atom is 0.254 e. The Kier molecular flexibility index (Phi) is 5.47. The van der Waals surface area contributed by atoms with Crippen molar-refractivity contribution in [3.8, 4) is 0 Å². The highest BCUT2D eigenvalue weighted by atomic mass is 127. The van der Waals surface area contributed by atoms with E-state index in [9.17, 15) is 4.79 Å². The normalized spacial score (nSPS) is 10.4. The first-order valence-electron chi connectivity index (χ1n) is 6.60. The lowest BCUT2D eigenvalue weighted by atomic mass is 10.1. The molecule has 21 heavy (non-hydrogen) atoms. The van der Waals surface area contributed by atoms with Crippen molar-refractivity contribution in [2.45, 2.75) is 13.5 Å². The van der Waals surface area contributed by atoms with E-state index in [-0.39, 0.29) is 5.91 Å². The largest absolute Gasteiger partial charge is 0.399 e. The molecule has 0 radical (unpaired) electrons. The lowest BCUT2D eigenvalue weighted by molar-refractivity contribution is 0.0752. The summed E-state index contributed by atoms with van der Waals surface area (Å²) in [6, 6.07) is 12.9. The van der Waals surface area contributed by atoms with Crippen molar-refractivity contribution < 1.29 is 4.79 Å². The summed E-state index contributed by atoms with van der Waals surface area (Å²) in [4.78, 5) is 14.3. The highest BCUT2D eigenvalue weighted by Crippen LogP contribution is 2.21. The van der Waals surface area contributed by atoms with Crippen LogP contribution in [0.25, 0.3) is 0 Å². The number of nitrogen functional groups attached to an aromatic ring is 1. The summed E-state index contributed by atoms with van der Waals surface area (Å²) in [6.45, 7) is 3.15. The minimum absolute atomic E-state index is 0.0207. The van der Waals surface area contributed by atoms with Gasteiger partial charge in [-0.15, -0.1) is 0 Å². The molecule has 0 bridgehead atoms. The molecule has 0 fully saturated rings. The molecule has 0 aliphatic carbocycles. The monoisotopic (exact) mass is 414 g/mol. The molecule has 2 N–H and O–H groups in total. The van der Waals surface area contributed by atoms with E-state index in [0.717, 1.165) is 14.8 Å². The smallest absolute Gasteiger partial charge is 0.254 e. The molecule has 0 aliphatic heterocycles. The number of rotatable bonds is 4. The van der Waals surface area contributed by atoms with Crippen molar-refractivity contribution in [3.63, 3.8) is 0 Å². The Morgan fingerprint density at radius 3 is 2.48 bits per heavy atom. The number of amides is 1. The fourth-order valence-corrected chi connectivity index (χ4v) is 2.50. The predicted octanol–water partition coefficient (Wildman–Crippen LogP) is 4.19. The molecule has 0 atom stereocenters. The second-order valence-electron chi connectivity index (χ2n) is 4.69. The molecule has 2 aromatic rings. The number of halogens is 2. The highest BCUT2D eigenvalue weighted by molar-refractivity contribution is 14.1. The van der Waals surface area contributed by atoms with Crippen LogP contribution in [-0.2, 0) is 6.54 Å². The molecule has 0 saturated carbocycles. The zero-order valence-corrected chi connectivity index (χ0v) is 14.6. The van der Waals surface area contributed by atoms with E-state index in [1.807, 2.05) is 43.3 Å². The topological polar surface area (TPSA) is 46.3 Å². The number of anilines is 1. The lowest BCUT2D eigenvalue weighted by Crippen LogP contribution is -2.30. The van der Waals surface area contributed by atoms with Gasteiger partial charge in [0.05, 0.1) is 5.02 Å². The predicted molar refractivity (Wildman–Crippen MR) is 95.4 cm³/mol. The Labute approximate surface area is 143 Å². The first-order valence-corrected chi connectivity index (χ1v) is 8.05. The minimum atomic E-state index is -0.0207. The zero-order chi connectivity index (χ0) is 15.4. The van der Waals surface area contributed by atoms with Gasteiger partial charge < -0.3 is 10.6 Å². The van der Waals surface area contributed by atoms with Crippen LogP contribution in [0.3, 0.4) is 0 Å². The molecule has 1 amide bonds. The Hall–Kier alpha value is -1.27. The molecule has 5 heteroatoms. The molecule has 0 heterocycles. The van der Waals surface area contributed by atoms with E-state index in [2.05, 4.69) is 22.6 Å². The van der Waals surface area contributed by atoms with Crippen molar-refractivity contribution in [2.24, 2.45) is 0 Å². The average Bonchev–Trinajstić information content (AvgIpc) is 2.49. The molecular formula is C16H16ClIN2O. The van der Waals surface area contributed by atoms with E-state index >= 15 is 0 Å². The van der Waals surface area contributed by atoms with Gasteiger partial charge in [0.15, 0.2) is 0 Å². The first-order chi connectivity index (χ1) is 10.0. The number of nitrogens with zero attached hydrogens (tertiary/aromatic N) is 1. The molecule has 2 aromatic carbocycles. The van der Waals surface area contributed by atoms with Crippen molar-refractivity contribution in [1.82, 2.24) is 4.90 Å². The van der Waals surface area contributed by atoms with Gasteiger partial charge in [0.25, 0.3) is 5.91 Å². The van der Waals surface area contributed by atoms with Gasteiger partial charge in [0.1, 0.15) is 0 Å². The minimum Gasteiger partial charge on any atom is -0.399 e. The van der Waals surface area contributed by atoms with E-state index in [4.69, 9.17) is 17.3 Å². The van der Waals surface area contributed by atoms with Crippen LogP contribution >= 0.6 is 34.2 Å². The molecule has 0 saturated heterocycles. The van der Waals surface area contributed by atoms with Crippen LogP contribution < -0.4 is 5.73 Å². The third-order valence-corrected chi connectivity index (χ3v) is 4.76. The Bertz CT molecular complexity index is 643. The lowest BCUT2D eigenvalue weighted by Gasteiger charge is -2.21. The number of hydrogen-bond donors (Lipinski definition) is 1. The van der Waals surface area contributed by atoms with Gasteiger partial charge >= 0.3 is 0 Å². The zero-order valence-electron chi connectivity index (χ0n) is 11.6. The van der Waals surface area contributed by atoms with Crippen LogP contribution in [0.4, 0.5) is 5.69 Å². The van der Waals surface area contributed by atoms with Crippen LogP contribution in [0.15, 0.2) is 42.5 Å². The maximum absolute atomic E-state index is 12.6. The van der Waals surface area contributed by atoms with Crippen LogP contribution in [0.5, 0.6) is 0 Å². The summed E-state index contributed by atoms with van der Waals surface area (Å²) >= 11 is 8.24. The van der Waals surface area contributed by atoms with Crippen molar-refractivity contribution >= 4 is 45.8 Å². The summed E-state index contributed by atoms with van der Waals surface area (Å²) < 4.78 is 0.937. The molecule has 0 aromatic heterocycles. The molecule has 0 spiro atoms. The van der Waals surface area contributed by atoms with Gasteiger partial charge in [-0.25, -0.2) is 0 Å². The standard InChI is InChI=1S/C16H16ClIN2O/c1-2-20(10-11-3-6-13(19)7-4-11)16(21)12-5-8-15(18)14(17)9-12/h3-9H,2,10,19H2,1H3. The van der Waals surface area contributed by atoms with Crippen LogP contribution in [0.1, 0.15) is 22.8 Å².